The van der Waals surface area contributed by atoms with E-state index in [1.54, 1.807) is 0 Å². The van der Waals surface area contributed by atoms with Crippen molar-refractivity contribution in [3.8, 4) is 0 Å². The Morgan fingerprint density at radius 2 is 1.94 bits per heavy atom. The fourth-order valence-electron chi connectivity index (χ4n) is 5.12. The molecule has 0 spiro atoms. The van der Waals surface area contributed by atoms with Crippen LogP contribution in [-0.4, -0.2) is 75.9 Å². The summed E-state index contributed by atoms with van der Waals surface area (Å²) in [6.45, 7) is 6.70. The molecule has 1 aromatic carbocycles. The highest BCUT2D eigenvalue weighted by molar-refractivity contribution is 5.79. The minimum Gasteiger partial charge on any atom is -0.355 e. The van der Waals surface area contributed by atoms with E-state index >= 15 is 0 Å². The number of rotatable bonds is 10. The van der Waals surface area contributed by atoms with Gasteiger partial charge in [-0.25, -0.2) is 0 Å². The van der Waals surface area contributed by atoms with Gasteiger partial charge >= 0.3 is 0 Å². The van der Waals surface area contributed by atoms with Crippen LogP contribution in [0.2, 0.25) is 0 Å². The van der Waals surface area contributed by atoms with Gasteiger partial charge in [0.2, 0.25) is 11.8 Å². The van der Waals surface area contributed by atoms with E-state index in [1.807, 2.05) is 10.7 Å². The second-order valence-electron chi connectivity index (χ2n) is 9.40. The van der Waals surface area contributed by atoms with E-state index in [0.29, 0.717) is 25.0 Å². The third kappa shape index (κ3) is 6.39. The smallest absolute Gasteiger partial charge is 0.224 e. The van der Waals surface area contributed by atoms with Crippen molar-refractivity contribution in [1.29, 1.82) is 0 Å². The number of carbonyl (C=O) groups excluding carboxylic acids is 2. The van der Waals surface area contributed by atoms with Crippen LogP contribution >= 0.6 is 0 Å². The lowest BCUT2D eigenvalue weighted by Gasteiger charge is -2.49. The molecule has 3 aliphatic rings. The standard InChI is InChI=1S/C24H35N7O2/c1-18(32)25-9-10-26-24(33)23-17-30-11-8-20(23)12-22(30)16-31-15-21(27-28-31)14-29(2)13-19-6-4-3-5-7-19/h3-7,15,20,22-23H,8-14,16-17H2,1-2H3,(H,25,32)(H,26,33)/t20?,22-,23+/m1/s1. The molecule has 3 fully saturated rings. The highest BCUT2D eigenvalue weighted by atomic mass is 16.2. The molecule has 4 heterocycles. The SMILES string of the molecule is CC(=O)NCCNC(=O)[C@H]1CN2CCC1C[C@@H]2Cn1cc(CN(C)Cc2ccccc2)nn1. The molecule has 0 radical (unpaired) electrons. The van der Waals surface area contributed by atoms with Crippen LogP contribution < -0.4 is 10.6 Å². The first-order valence-electron chi connectivity index (χ1n) is 11.9. The Kier molecular flexibility index (Phi) is 7.72. The van der Waals surface area contributed by atoms with Gasteiger partial charge in [0.05, 0.1) is 18.2 Å². The van der Waals surface area contributed by atoms with Crippen molar-refractivity contribution >= 4 is 11.8 Å². The van der Waals surface area contributed by atoms with Crippen LogP contribution in [0.1, 0.15) is 31.0 Å². The Morgan fingerprint density at radius 3 is 2.67 bits per heavy atom. The molecule has 2 aromatic rings. The average molecular weight is 454 g/mol. The number of fused-ring (bicyclic) bond motifs is 3. The van der Waals surface area contributed by atoms with Crippen molar-refractivity contribution < 1.29 is 9.59 Å². The Bertz CT molecular complexity index is 932. The van der Waals surface area contributed by atoms with E-state index in [-0.39, 0.29) is 17.7 Å². The van der Waals surface area contributed by atoms with Gasteiger partial charge < -0.3 is 10.6 Å². The van der Waals surface area contributed by atoms with E-state index in [9.17, 15) is 9.59 Å². The Hall–Kier alpha value is -2.78. The van der Waals surface area contributed by atoms with Crippen LogP contribution in [-0.2, 0) is 29.2 Å². The van der Waals surface area contributed by atoms with Crippen molar-refractivity contribution in [2.75, 3.05) is 33.2 Å². The van der Waals surface area contributed by atoms with Gasteiger partial charge in [0, 0.05) is 51.9 Å². The van der Waals surface area contributed by atoms with E-state index in [0.717, 1.165) is 51.3 Å². The summed E-state index contributed by atoms with van der Waals surface area (Å²) in [5, 5.41) is 14.5. The third-order valence-corrected chi connectivity index (χ3v) is 6.72. The van der Waals surface area contributed by atoms with Crippen LogP contribution in [0.4, 0.5) is 0 Å². The zero-order chi connectivity index (χ0) is 23.2. The number of nitrogens with one attached hydrogen (secondary N) is 2. The molecule has 0 aliphatic carbocycles. The summed E-state index contributed by atoms with van der Waals surface area (Å²) in [6.07, 6.45) is 4.12. The maximum atomic E-state index is 12.7. The molecule has 2 N–H and O–H groups in total. The Balaban J connectivity index is 1.24. The zero-order valence-electron chi connectivity index (χ0n) is 19.6. The summed E-state index contributed by atoms with van der Waals surface area (Å²) >= 11 is 0. The number of benzene rings is 1. The molecule has 3 aliphatic heterocycles. The zero-order valence-corrected chi connectivity index (χ0v) is 19.6. The second-order valence-corrected chi connectivity index (χ2v) is 9.40. The first-order valence-corrected chi connectivity index (χ1v) is 11.9. The number of carbonyl (C=O) groups is 2. The van der Waals surface area contributed by atoms with Gasteiger partial charge in [-0.1, -0.05) is 35.5 Å². The monoisotopic (exact) mass is 453 g/mol. The highest BCUT2D eigenvalue weighted by Gasteiger charge is 2.43. The largest absolute Gasteiger partial charge is 0.355 e. The topological polar surface area (TPSA) is 95.4 Å². The van der Waals surface area contributed by atoms with Crippen LogP contribution in [0.5, 0.6) is 0 Å². The minimum atomic E-state index is -0.0750. The number of hydrogen-bond donors (Lipinski definition) is 2. The molecule has 178 valence electrons. The van der Waals surface area contributed by atoms with Crippen LogP contribution in [0.15, 0.2) is 36.5 Å². The lowest BCUT2D eigenvalue weighted by atomic mass is 9.75. The molecule has 33 heavy (non-hydrogen) atoms. The summed E-state index contributed by atoms with van der Waals surface area (Å²) in [4.78, 5) is 28.3. The molecule has 3 saturated heterocycles. The first kappa shape index (κ1) is 23.4. The highest BCUT2D eigenvalue weighted by Crippen LogP contribution is 2.36. The fourth-order valence-corrected chi connectivity index (χ4v) is 5.12. The predicted octanol–water partition coefficient (Wildman–Crippen LogP) is 0.873. The van der Waals surface area contributed by atoms with Gasteiger partial charge in [-0.15, -0.1) is 5.10 Å². The molecule has 1 aromatic heterocycles. The number of hydrogen-bond acceptors (Lipinski definition) is 6. The number of aromatic nitrogens is 3. The maximum Gasteiger partial charge on any atom is 0.224 e. The second kappa shape index (κ2) is 10.9. The lowest BCUT2D eigenvalue weighted by molar-refractivity contribution is -0.133. The number of piperidine rings is 3. The number of amides is 2. The van der Waals surface area contributed by atoms with E-state index in [1.165, 1.54) is 12.5 Å². The fraction of sp³-hybridized carbons (Fsp3) is 0.583. The summed E-state index contributed by atoms with van der Waals surface area (Å²) in [7, 11) is 2.10. The maximum absolute atomic E-state index is 12.7. The molecular weight excluding hydrogens is 418 g/mol. The number of nitrogens with zero attached hydrogens (tertiary/aromatic N) is 5. The average Bonchev–Trinajstić information content (AvgIpc) is 3.24. The van der Waals surface area contributed by atoms with Crippen molar-refractivity contribution in [2.45, 2.75) is 45.4 Å². The van der Waals surface area contributed by atoms with Gasteiger partial charge in [0.15, 0.2) is 0 Å². The molecular formula is C24H35N7O2. The molecule has 2 bridgehead atoms. The van der Waals surface area contributed by atoms with E-state index in [2.05, 4.69) is 68.3 Å². The van der Waals surface area contributed by atoms with Crippen molar-refractivity contribution in [2.24, 2.45) is 11.8 Å². The minimum absolute atomic E-state index is 0.0327. The normalized spacial score (nSPS) is 24.1. The molecule has 4 atom stereocenters. The summed E-state index contributed by atoms with van der Waals surface area (Å²) < 4.78 is 1.96. The molecule has 2 unspecified atom stereocenters. The van der Waals surface area contributed by atoms with Gasteiger partial charge in [0.25, 0.3) is 0 Å². The Morgan fingerprint density at radius 1 is 1.15 bits per heavy atom. The summed E-state index contributed by atoms with van der Waals surface area (Å²) in [5.41, 5.74) is 2.26. The molecule has 5 rings (SSSR count). The molecule has 2 amide bonds. The lowest BCUT2D eigenvalue weighted by Crippen LogP contribution is -2.58. The first-order chi connectivity index (χ1) is 16.0. The van der Waals surface area contributed by atoms with Crippen molar-refractivity contribution in [3.05, 3.63) is 47.8 Å². The van der Waals surface area contributed by atoms with Gasteiger partial charge in [-0.2, -0.15) is 0 Å². The predicted molar refractivity (Wildman–Crippen MR) is 125 cm³/mol. The van der Waals surface area contributed by atoms with Crippen molar-refractivity contribution in [1.82, 2.24) is 35.4 Å². The van der Waals surface area contributed by atoms with Crippen LogP contribution in [0.25, 0.3) is 0 Å². The van der Waals surface area contributed by atoms with Gasteiger partial charge in [-0.3, -0.25) is 24.1 Å². The van der Waals surface area contributed by atoms with Gasteiger partial charge in [0.1, 0.15) is 0 Å². The summed E-state index contributed by atoms with van der Waals surface area (Å²) in [5.74, 6) is 0.470. The Labute approximate surface area is 195 Å². The molecule has 0 saturated carbocycles. The molecule has 9 heteroatoms. The van der Waals surface area contributed by atoms with Gasteiger partial charge in [-0.05, 0) is 37.9 Å². The third-order valence-electron chi connectivity index (χ3n) is 6.72. The quantitative estimate of drug-likeness (QED) is 0.519. The van der Waals surface area contributed by atoms with E-state index < -0.39 is 0 Å². The molecule has 9 nitrogen and oxygen atoms in total. The van der Waals surface area contributed by atoms with Crippen LogP contribution in [0.3, 0.4) is 0 Å². The van der Waals surface area contributed by atoms with Crippen LogP contribution in [0, 0.1) is 11.8 Å². The van der Waals surface area contributed by atoms with E-state index in [4.69, 9.17) is 0 Å². The summed E-state index contributed by atoms with van der Waals surface area (Å²) in [6, 6.07) is 10.8. The van der Waals surface area contributed by atoms with Crippen molar-refractivity contribution in [3.63, 3.8) is 0 Å².